The Balaban J connectivity index is 2.45. The molecule has 0 saturated heterocycles. The maximum Gasteiger partial charge on any atom is 0.305 e. The lowest BCUT2D eigenvalue weighted by Crippen LogP contribution is -2.39. The summed E-state index contributed by atoms with van der Waals surface area (Å²) in [4.78, 5) is 23.2. The molecule has 1 rings (SSSR count). The molecule has 0 saturated carbocycles. The Morgan fingerprint density at radius 2 is 1.92 bits per heavy atom. The lowest BCUT2D eigenvalue weighted by atomic mass is 10.1. The highest BCUT2D eigenvalue weighted by Crippen LogP contribution is 2.29. The Morgan fingerprint density at radius 3 is 2.50 bits per heavy atom. The van der Waals surface area contributed by atoms with E-state index in [1.54, 1.807) is 0 Å². The van der Waals surface area contributed by atoms with Crippen molar-refractivity contribution in [2.75, 3.05) is 7.11 Å². The Hall–Kier alpha value is -1.20. The fourth-order valence-electron chi connectivity index (χ4n) is 3.06. The number of unbranched alkanes of at least 4 members (excludes halogenated alkanes) is 1. The largest absolute Gasteiger partial charge is 0.469 e. The molecule has 0 unspecified atom stereocenters. The number of allylic oxidation sites excluding steroid dienone is 3. The SMILES string of the molecule is CC[Si](CC)(CC)O[C@H]1C=C(C/C=C/CCCC(=O)OC)C(=O)C1. The Bertz CT molecular complexity index is 469. The second-order valence-electron chi connectivity index (χ2n) is 6.36. The monoisotopic (exact) mass is 352 g/mol. The van der Waals surface area contributed by atoms with Crippen molar-refractivity contribution in [3.63, 3.8) is 0 Å². The number of carbonyl (C=O) groups is 2. The number of Topliss-reactive ketones (excluding diaryl/α,β-unsaturated/α-hetero) is 1. The lowest BCUT2D eigenvalue weighted by Gasteiger charge is -2.30. The zero-order chi connectivity index (χ0) is 18.0. The third-order valence-corrected chi connectivity index (χ3v) is 9.62. The quantitative estimate of drug-likeness (QED) is 0.237. The molecule has 1 aliphatic carbocycles. The summed E-state index contributed by atoms with van der Waals surface area (Å²) in [6.07, 6.45) is 9.28. The lowest BCUT2D eigenvalue weighted by molar-refractivity contribution is -0.140. The van der Waals surface area contributed by atoms with Gasteiger partial charge in [-0.05, 0) is 49.0 Å². The van der Waals surface area contributed by atoms with Crippen molar-refractivity contribution in [2.24, 2.45) is 0 Å². The molecule has 4 nitrogen and oxygen atoms in total. The maximum atomic E-state index is 12.2. The van der Waals surface area contributed by atoms with Gasteiger partial charge in [-0.2, -0.15) is 0 Å². The zero-order valence-corrected chi connectivity index (χ0v) is 16.6. The van der Waals surface area contributed by atoms with Crippen LogP contribution in [-0.4, -0.2) is 33.3 Å². The van der Waals surface area contributed by atoms with Gasteiger partial charge in [0, 0.05) is 12.8 Å². The number of esters is 1. The van der Waals surface area contributed by atoms with Crippen LogP contribution in [0.25, 0.3) is 0 Å². The zero-order valence-electron chi connectivity index (χ0n) is 15.6. The van der Waals surface area contributed by atoms with E-state index in [4.69, 9.17) is 4.43 Å². The van der Waals surface area contributed by atoms with Crippen molar-refractivity contribution < 1.29 is 18.8 Å². The molecule has 1 aliphatic rings. The van der Waals surface area contributed by atoms with Crippen LogP contribution in [0.5, 0.6) is 0 Å². The number of hydrogen-bond donors (Lipinski definition) is 0. The van der Waals surface area contributed by atoms with Gasteiger partial charge in [0.1, 0.15) is 0 Å². The van der Waals surface area contributed by atoms with E-state index in [1.165, 1.54) is 7.11 Å². The highest BCUT2D eigenvalue weighted by Gasteiger charge is 2.34. The molecular formula is C19H32O4Si. The van der Waals surface area contributed by atoms with E-state index in [2.05, 4.69) is 25.5 Å². The molecule has 0 aromatic rings. The van der Waals surface area contributed by atoms with Crippen LogP contribution in [0, 0.1) is 0 Å². The number of ketones is 1. The van der Waals surface area contributed by atoms with Gasteiger partial charge in [-0.1, -0.05) is 32.9 Å². The molecule has 5 heteroatoms. The number of ether oxygens (including phenoxy) is 1. The first kappa shape index (κ1) is 20.8. The van der Waals surface area contributed by atoms with Crippen LogP contribution in [0.2, 0.25) is 18.1 Å². The van der Waals surface area contributed by atoms with Crippen LogP contribution in [0.4, 0.5) is 0 Å². The van der Waals surface area contributed by atoms with Gasteiger partial charge in [-0.25, -0.2) is 0 Å². The van der Waals surface area contributed by atoms with Gasteiger partial charge in [0.2, 0.25) is 0 Å². The highest BCUT2D eigenvalue weighted by molar-refractivity contribution is 6.73. The van der Waals surface area contributed by atoms with Crippen LogP contribution >= 0.6 is 0 Å². The van der Waals surface area contributed by atoms with Crippen molar-refractivity contribution in [2.45, 2.75) is 77.1 Å². The van der Waals surface area contributed by atoms with Gasteiger partial charge in [0.25, 0.3) is 0 Å². The Kier molecular flexibility index (Phi) is 9.22. The molecule has 136 valence electrons. The first-order chi connectivity index (χ1) is 11.5. The third-order valence-electron chi connectivity index (χ3n) is 4.95. The van der Waals surface area contributed by atoms with Gasteiger partial charge in [0.05, 0.1) is 13.2 Å². The number of rotatable bonds is 11. The predicted octanol–water partition coefficient (Wildman–Crippen LogP) is 4.57. The standard InChI is InChI=1S/C19H32O4Si/c1-5-24(6-2,7-3)23-17-14-16(18(20)15-17)12-10-8-9-11-13-19(21)22-4/h8,10,14,17H,5-7,9,11-13,15H2,1-4H3/b10-8+/t17-/m0/s1. The average molecular weight is 353 g/mol. The summed E-state index contributed by atoms with van der Waals surface area (Å²) in [6, 6.07) is 3.32. The van der Waals surface area contributed by atoms with Crippen molar-refractivity contribution in [1.82, 2.24) is 0 Å². The molecule has 0 fully saturated rings. The van der Waals surface area contributed by atoms with Gasteiger partial charge >= 0.3 is 5.97 Å². The molecule has 0 amide bonds. The normalized spacial score (nSPS) is 18.2. The summed E-state index contributed by atoms with van der Waals surface area (Å²) in [5.74, 6) is 0.0397. The van der Waals surface area contributed by atoms with Gasteiger partial charge in [-0.15, -0.1) is 0 Å². The molecule has 0 aromatic carbocycles. The maximum absolute atomic E-state index is 12.2. The van der Waals surface area contributed by atoms with E-state index in [0.29, 0.717) is 19.3 Å². The first-order valence-corrected chi connectivity index (χ1v) is 11.7. The van der Waals surface area contributed by atoms with E-state index in [1.807, 2.05) is 18.2 Å². The fraction of sp³-hybridized carbons (Fsp3) is 0.684. The Morgan fingerprint density at radius 1 is 1.25 bits per heavy atom. The molecule has 0 bridgehead atoms. The molecule has 0 radical (unpaired) electrons. The van der Waals surface area contributed by atoms with E-state index < -0.39 is 8.32 Å². The van der Waals surface area contributed by atoms with Crippen LogP contribution in [0.3, 0.4) is 0 Å². The minimum absolute atomic E-state index is 0.0215. The second-order valence-corrected chi connectivity index (χ2v) is 11.1. The molecule has 24 heavy (non-hydrogen) atoms. The van der Waals surface area contributed by atoms with E-state index >= 15 is 0 Å². The summed E-state index contributed by atoms with van der Waals surface area (Å²) < 4.78 is 11.0. The third kappa shape index (κ3) is 6.36. The van der Waals surface area contributed by atoms with Crippen molar-refractivity contribution in [1.29, 1.82) is 0 Å². The molecule has 0 N–H and O–H groups in total. The summed E-state index contributed by atoms with van der Waals surface area (Å²) >= 11 is 0. The van der Waals surface area contributed by atoms with Gasteiger partial charge in [0.15, 0.2) is 14.1 Å². The van der Waals surface area contributed by atoms with Crippen LogP contribution in [0.1, 0.15) is 52.9 Å². The van der Waals surface area contributed by atoms with E-state index in [0.717, 1.165) is 36.5 Å². The first-order valence-electron chi connectivity index (χ1n) is 9.13. The van der Waals surface area contributed by atoms with Crippen LogP contribution < -0.4 is 0 Å². The number of methoxy groups -OCH3 is 1. The van der Waals surface area contributed by atoms with Crippen molar-refractivity contribution in [3.8, 4) is 0 Å². The van der Waals surface area contributed by atoms with E-state index in [9.17, 15) is 9.59 Å². The number of hydrogen-bond acceptors (Lipinski definition) is 4. The highest BCUT2D eigenvalue weighted by atomic mass is 28.4. The summed E-state index contributed by atoms with van der Waals surface area (Å²) in [5, 5.41) is 0. The molecule has 0 spiro atoms. The summed E-state index contributed by atoms with van der Waals surface area (Å²) in [5.41, 5.74) is 0.871. The summed E-state index contributed by atoms with van der Waals surface area (Å²) in [6.45, 7) is 6.62. The van der Waals surface area contributed by atoms with Crippen molar-refractivity contribution in [3.05, 3.63) is 23.8 Å². The average Bonchev–Trinajstić information content (AvgIpc) is 2.94. The molecule has 0 heterocycles. The smallest absolute Gasteiger partial charge is 0.305 e. The van der Waals surface area contributed by atoms with Gasteiger partial charge < -0.3 is 9.16 Å². The number of carbonyl (C=O) groups excluding carboxylic acids is 2. The van der Waals surface area contributed by atoms with Crippen LogP contribution in [0.15, 0.2) is 23.8 Å². The fourth-order valence-corrected chi connectivity index (χ4v) is 5.86. The molecule has 1 atom stereocenters. The summed E-state index contributed by atoms with van der Waals surface area (Å²) in [7, 11) is -0.259. The minimum atomic E-state index is -1.66. The minimum Gasteiger partial charge on any atom is -0.469 e. The molecule has 0 aliphatic heterocycles. The predicted molar refractivity (Wildman–Crippen MR) is 99.4 cm³/mol. The topological polar surface area (TPSA) is 52.6 Å². The van der Waals surface area contributed by atoms with Crippen LogP contribution in [-0.2, 0) is 18.8 Å². The van der Waals surface area contributed by atoms with Gasteiger partial charge in [-0.3, -0.25) is 9.59 Å². The van der Waals surface area contributed by atoms with Crippen molar-refractivity contribution >= 4 is 20.1 Å². The second kappa shape index (κ2) is 10.6. The van der Waals surface area contributed by atoms with E-state index in [-0.39, 0.29) is 17.9 Å². The Labute approximate surface area is 147 Å². The molecule has 0 aromatic heterocycles. The molecular weight excluding hydrogens is 320 g/mol.